The third-order valence-corrected chi connectivity index (χ3v) is 4.52. The molecule has 2 N–H and O–H groups in total. The minimum absolute atomic E-state index is 0.908. The molecule has 1 aromatic rings. The summed E-state index contributed by atoms with van der Waals surface area (Å²) in [7, 11) is 3.53. The third kappa shape index (κ3) is 6.46. The Bertz CT molecular complexity index is 509. The maximum Gasteiger partial charge on any atom is 0.190 e. The number of nitrogens with one attached hydrogen (secondary N) is 2. The van der Waals surface area contributed by atoms with Crippen LogP contribution in [0.3, 0.4) is 0 Å². The van der Waals surface area contributed by atoms with E-state index in [0.717, 1.165) is 70.4 Å². The van der Waals surface area contributed by atoms with Gasteiger partial charge in [-0.15, -0.1) is 0 Å². The number of guanidine groups is 1. The van der Waals surface area contributed by atoms with E-state index in [0.29, 0.717) is 0 Å². The Morgan fingerprint density at radius 2 is 1.76 bits per heavy atom. The zero-order chi connectivity index (χ0) is 17.9. The van der Waals surface area contributed by atoms with Gasteiger partial charge in [-0.1, -0.05) is 6.92 Å². The van der Waals surface area contributed by atoms with Crippen LogP contribution in [0.2, 0.25) is 0 Å². The molecule has 6 heteroatoms. The highest BCUT2D eigenvalue weighted by atomic mass is 16.5. The quantitative estimate of drug-likeness (QED) is 0.427. The molecule has 0 bridgehead atoms. The molecule has 1 aliphatic heterocycles. The van der Waals surface area contributed by atoms with Crippen LogP contribution < -0.4 is 20.3 Å². The minimum Gasteiger partial charge on any atom is -0.497 e. The predicted octanol–water partition coefficient (Wildman–Crippen LogP) is 1.78. The lowest BCUT2D eigenvalue weighted by molar-refractivity contribution is 0.255. The second kappa shape index (κ2) is 10.8. The summed E-state index contributed by atoms with van der Waals surface area (Å²) < 4.78 is 5.23. The first-order valence-corrected chi connectivity index (χ1v) is 9.32. The van der Waals surface area contributed by atoms with Gasteiger partial charge in [0.05, 0.1) is 7.11 Å². The average molecular weight is 348 g/mol. The van der Waals surface area contributed by atoms with Gasteiger partial charge in [0.25, 0.3) is 0 Å². The van der Waals surface area contributed by atoms with Crippen LogP contribution in [-0.2, 0) is 0 Å². The Balaban J connectivity index is 1.63. The number of aliphatic imine (C=N–C) groups is 1. The number of nitrogens with zero attached hydrogens (tertiary/aromatic N) is 3. The van der Waals surface area contributed by atoms with Crippen molar-refractivity contribution in [2.75, 3.05) is 64.9 Å². The molecule has 0 radical (unpaired) electrons. The van der Waals surface area contributed by atoms with E-state index < -0.39 is 0 Å². The van der Waals surface area contributed by atoms with Gasteiger partial charge in [-0.25, -0.2) is 0 Å². The lowest BCUT2D eigenvalue weighted by atomic mass is 10.2. The van der Waals surface area contributed by atoms with Gasteiger partial charge in [0.15, 0.2) is 5.96 Å². The van der Waals surface area contributed by atoms with Crippen molar-refractivity contribution in [3.63, 3.8) is 0 Å². The Kier molecular flexibility index (Phi) is 8.39. The van der Waals surface area contributed by atoms with Crippen LogP contribution >= 0.6 is 0 Å². The van der Waals surface area contributed by atoms with E-state index >= 15 is 0 Å². The molecule has 140 valence electrons. The number of hydrogen-bond donors (Lipinski definition) is 2. The molecule has 0 saturated carbocycles. The number of anilines is 1. The molecule has 1 aliphatic rings. The third-order valence-electron chi connectivity index (χ3n) is 4.52. The topological polar surface area (TPSA) is 52.1 Å². The number of hydrogen-bond acceptors (Lipinski definition) is 4. The average Bonchev–Trinajstić information content (AvgIpc) is 2.68. The minimum atomic E-state index is 0.908. The van der Waals surface area contributed by atoms with Gasteiger partial charge in [-0.3, -0.25) is 9.89 Å². The molecule has 1 saturated heterocycles. The second-order valence-corrected chi connectivity index (χ2v) is 6.31. The lowest BCUT2D eigenvalue weighted by Gasteiger charge is -2.36. The van der Waals surface area contributed by atoms with E-state index in [4.69, 9.17) is 4.74 Å². The monoisotopic (exact) mass is 347 g/mol. The number of methoxy groups -OCH3 is 1. The number of benzene rings is 1. The summed E-state index contributed by atoms with van der Waals surface area (Å²) in [6.07, 6.45) is 2.24. The first-order valence-electron chi connectivity index (χ1n) is 9.32. The fraction of sp³-hybridized carbons (Fsp3) is 0.632. The molecule has 0 amide bonds. The van der Waals surface area contributed by atoms with Gasteiger partial charge < -0.3 is 20.3 Å². The van der Waals surface area contributed by atoms with E-state index in [1.165, 1.54) is 5.69 Å². The molecule has 1 aromatic carbocycles. The molecule has 0 spiro atoms. The van der Waals surface area contributed by atoms with Crippen LogP contribution in [0.25, 0.3) is 0 Å². The van der Waals surface area contributed by atoms with Crippen molar-refractivity contribution >= 4 is 11.6 Å². The van der Waals surface area contributed by atoms with Gasteiger partial charge >= 0.3 is 0 Å². The lowest BCUT2D eigenvalue weighted by Crippen LogP contribution is -2.47. The highest BCUT2D eigenvalue weighted by molar-refractivity contribution is 5.79. The van der Waals surface area contributed by atoms with Crippen LogP contribution in [0.5, 0.6) is 5.75 Å². The highest BCUT2D eigenvalue weighted by Crippen LogP contribution is 2.20. The van der Waals surface area contributed by atoms with E-state index in [2.05, 4.69) is 44.5 Å². The molecule has 0 aliphatic carbocycles. The van der Waals surface area contributed by atoms with Crippen molar-refractivity contribution in [1.82, 2.24) is 15.5 Å². The van der Waals surface area contributed by atoms with Gasteiger partial charge in [-0.2, -0.15) is 0 Å². The van der Waals surface area contributed by atoms with E-state index in [1.54, 1.807) is 7.11 Å². The van der Waals surface area contributed by atoms with Crippen molar-refractivity contribution in [1.29, 1.82) is 0 Å². The number of ether oxygens (including phenoxy) is 1. The predicted molar refractivity (Wildman–Crippen MR) is 106 cm³/mol. The molecule has 0 atom stereocenters. The van der Waals surface area contributed by atoms with E-state index in [-0.39, 0.29) is 0 Å². The summed E-state index contributed by atoms with van der Waals surface area (Å²) in [6.45, 7) is 9.62. The van der Waals surface area contributed by atoms with Crippen molar-refractivity contribution in [3.8, 4) is 5.75 Å². The Labute approximate surface area is 152 Å². The summed E-state index contributed by atoms with van der Waals surface area (Å²) >= 11 is 0. The maximum absolute atomic E-state index is 5.23. The van der Waals surface area contributed by atoms with Crippen LogP contribution in [-0.4, -0.2) is 70.8 Å². The Morgan fingerprint density at radius 3 is 2.36 bits per heavy atom. The van der Waals surface area contributed by atoms with Crippen molar-refractivity contribution in [2.24, 2.45) is 4.99 Å². The Hall–Kier alpha value is -1.95. The molecule has 2 rings (SSSR count). The van der Waals surface area contributed by atoms with Gasteiger partial charge in [0.2, 0.25) is 0 Å². The Morgan fingerprint density at radius 1 is 1.08 bits per heavy atom. The molecular weight excluding hydrogens is 314 g/mol. The second-order valence-electron chi connectivity index (χ2n) is 6.31. The summed E-state index contributed by atoms with van der Waals surface area (Å²) in [5, 5.41) is 6.68. The highest BCUT2D eigenvalue weighted by Gasteiger charge is 2.16. The summed E-state index contributed by atoms with van der Waals surface area (Å²) in [5.41, 5.74) is 1.29. The SMILES string of the molecule is CCCNC(=NC)NCCCN1CCN(c2ccc(OC)cc2)CC1. The zero-order valence-corrected chi connectivity index (χ0v) is 15.9. The van der Waals surface area contributed by atoms with E-state index in [1.807, 2.05) is 19.2 Å². The fourth-order valence-corrected chi connectivity index (χ4v) is 3.00. The molecule has 0 aromatic heterocycles. The zero-order valence-electron chi connectivity index (χ0n) is 15.9. The van der Waals surface area contributed by atoms with Crippen LogP contribution in [0.4, 0.5) is 5.69 Å². The fourth-order valence-electron chi connectivity index (χ4n) is 3.00. The standard InChI is InChI=1S/C19H33N5O/c1-4-10-21-19(20-2)22-11-5-12-23-13-15-24(16-14-23)17-6-8-18(25-3)9-7-17/h6-9H,4-5,10-16H2,1-3H3,(H2,20,21,22). The van der Waals surface area contributed by atoms with Crippen LogP contribution in [0.15, 0.2) is 29.3 Å². The smallest absolute Gasteiger partial charge is 0.190 e. The van der Waals surface area contributed by atoms with Crippen molar-refractivity contribution in [2.45, 2.75) is 19.8 Å². The van der Waals surface area contributed by atoms with Crippen LogP contribution in [0, 0.1) is 0 Å². The largest absolute Gasteiger partial charge is 0.497 e. The first-order chi connectivity index (χ1) is 12.3. The van der Waals surface area contributed by atoms with Gasteiger partial charge in [-0.05, 0) is 43.7 Å². The normalized spacial score (nSPS) is 16.0. The number of piperazine rings is 1. The van der Waals surface area contributed by atoms with Crippen molar-refractivity contribution in [3.05, 3.63) is 24.3 Å². The molecule has 25 heavy (non-hydrogen) atoms. The van der Waals surface area contributed by atoms with Gasteiger partial charge in [0, 0.05) is 52.0 Å². The maximum atomic E-state index is 5.23. The van der Waals surface area contributed by atoms with Gasteiger partial charge in [0.1, 0.15) is 5.75 Å². The summed E-state index contributed by atoms with van der Waals surface area (Å²) in [4.78, 5) is 9.23. The molecule has 1 heterocycles. The summed E-state index contributed by atoms with van der Waals surface area (Å²) in [5.74, 6) is 1.82. The van der Waals surface area contributed by atoms with Crippen molar-refractivity contribution < 1.29 is 4.74 Å². The van der Waals surface area contributed by atoms with Crippen LogP contribution in [0.1, 0.15) is 19.8 Å². The number of rotatable bonds is 8. The molecule has 0 unspecified atom stereocenters. The molecular formula is C19H33N5O. The van der Waals surface area contributed by atoms with E-state index in [9.17, 15) is 0 Å². The molecule has 1 fully saturated rings. The first kappa shape index (κ1) is 19.4. The molecule has 6 nitrogen and oxygen atoms in total. The summed E-state index contributed by atoms with van der Waals surface area (Å²) in [6, 6.07) is 8.36.